The van der Waals surface area contributed by atoms with Crippen molar-refractivity contribution in [3.63, 3.8) is 0 Å². The molecule has 136 valence electrons. The number of methoxy groups -OCH3 is 2. The van der Waals surface area contributed by atoms with Gasteiger partial charge in [0.2, 0.25) is 5.95 Å². The van der Waals surface area contributed by atoms with Crippen LogP contribution in [0.2, 0.25) is 0 Å². The van der Waals surface area contributed by atoms with Crippen molar-refractivity contribution in [1.82, 2.24) is 19.9 Å². The number of anilines is 1. The van der Waals surface area contributed by atoms with Gasteiger partial charge in [0, 0.05) is 24.2 Å². The Bertz CT molecular complexity index is 1020. The molecule has 0 saturated heterocycles. The largest absolute Gasteiger partial charge is 0.491 e. The molecule has 0 spiro atoms. The van der Waals surface area contributed by atoms with E-state index in [4.69, 9.17) is 9.47 Å². The highest BCUT2D eigenvalue weighted by atomic mass is 16.5. The lowest BCUT2D eigenvalue weighted by Gasteiger charge is -2.11. The van der Waals surface area contributed by atoms with Crippen LogP contribution in [0.1, 0.15) is 21.6 Å². The van der Waals surface area contributed by atoms with Crippen LogP contribution >= 0.6 is 0 Å². The highest BCUT2D eigenvalue weighted by Gasteiger charge is 2.33. The first kappa shape index (κ1) is 16.9. The van der Waals surface area contributed by atoms with Crippen LogP contribution in [0.5, 0.6) is 11.6 Å². The van der Waals surface area contributed by atoms with Crippen LogP contribution < -0.4 is 14.4 Å². The normalized spacial score (nSPS) is 12.9. The lowest BCUT2D eigenvalue weighted by Crippen LogP contribution is -2.25. The summed E-state index contributed by atoms with van der Waals surface area (Å²) in [7, 11) is 3.09. The maximum atomic E-state index is 12.8. The van der Waals surface area contributed by atoms with E-state index in [9.17, 15) is 4.79 Å². The van der Waals surface area contributed by atoms with E-state index < -0.39 is 0 Å². The Kier molecular flexibility index (Phi) is 4.15. The number of hydrogen-bond donors (Lipinski definition) is 0. The van der Waals surface area contributed by atoms with E-state index in [2.05, 4.69) is 19.9 Å². The standard InChI is InChI=1S/C19H17N5O3/c1-11-7-13(12-8-15(26-2)17(27-3)22-9-12)23-14-10-24(18(25)16(11)14)19-20-5-4-6-21-19/h4-9H,10H2,1-3H3. The molecule has 3 aromatic rings. The number of carbonyl (C=O) groups excluding carboxylic acids is 1. The van der Waals surface area contributed by atoms with E-state index in [0.29, 0.717) is 41.1 Å². The van der Waals surface area contributed by atoms with Gasteiger partial charge in [0.15, 0.2) is 5.75 Å². The molecule has 3 aromatic heterocycles. The van der Waals surface area contributed by atoms with Crippen LogP contribution in [0.15, 0.2) is 36.8 Å². The molecule has 0 aliphatic carbocycles. The molecule has 0 radical (unpaired) electrons. The molecule has 1 aliphatic rings. The molecule has 0 aromatic carbocycles. The molecule has 0 bridgehead atoms. The lowest BCUT2D eigenvalue weighted by molar-refractivity contribution is 0.0994. The minimum atomic E-state index is -0.141. The van der Waals surface area contributed by atoms with Crippen molar-refractivity contribution in [3.05, 3.63) is 53.6 Å². The molecule has 1 aliphatic heterocycles. The molecule has 8 heteroatoms. The summed E-state index contributed by atoms with van der Waals surface area (Å²) in [6.07, 6.45) is 4.89. The van der Waals surface area contributed by atoms with Crippen molar-refractivity contribution in [1.29, 1.82) is 0 Å². The average Bonchev–Trinajstić information content (AvgIpc) is 3.05. The minimum Gasteiger partial charge on any atom is -0.491 e. The van der Waals surface area contributed by atoms with Gasteiger partial charge in [-0.2, -0.15) is 0 Å². The van der Waals surface area contributed by atoms with Crippen molar-refractivity contribution in [2.24, 2.45) is 0 Å². The number of amides is 1. The third kappa shape index (κ3) is 2.84. The van der Waals surface area contributed by atoms with Gasteiger partial charge in [-0.15, -0.1) is 0 Å². The lowest BCUT2D eigenvalue weighted by atomic mass is 10.1. The fraction of sp³-hybridized carbons (Fsp3) is 0.211. The van der Waals surface area contributed by atoms with Crippen LogP contribution in [0.25, 0.3) is 11.3 Å². The molecule has 8 nitrogen and oxygen atoms in total. The molecule has 4 rings (SSSR count). The zero-order chi connectivity index (χ0) is 19.0. The van der Waals surface area contributed by atoms with E-state index in [1.807, 2.05) is 19.1 Å². The van der Waals surface area contributed by atoms with E-state index in [1.165, 1.54) is 12.0 Å². The maximum absolute atomic E-state index is 12.8. The zero-order valence-corrected chi connectivity index (χ0v) is 15.1. The Morgan fingerprint density at radius 1 is 1.07 bits per heavy atom. The molecule has 27 heavy (non-hydrogen) atoms. The minimum absolute atomic E-state index is 0.141. The predicted molar refractivity (Wildman–Crippen MR) is 97.9 cm³/mol. The van der Waals surface area contributed by atoms with Crippen molar-refractivity contribution in [2.45, 2.75) is 13.5 Å². The number of ether oxygens (including phenoxy) is 2. The summed E-state index contributed by atoms with van der Waals surface area (Å²) in [5.41, 5.74) is 3.62. The maximum Gasteiger partial charge on any atom is 0.263 e. The van der Waals surface area contributed by atoms with Gasteiger partial charge in [-0.3, -0.25) is 14.7 Å². The Labute approximate surface area is 155 Å². The Morgan fingerprint density at radius 2 is 1.85 bits per heavy atom. The average molecular weight is 363 g/mol. The van der Waals surface area contributed by atoms with Crippen LogP contribution in [-0.2, 0) is 6.54 Å². The van der Waals surface area contributed by atoms with Gasteiger partial charge in [0.05, 0.1) is 37.7 Å². The molecule has 0 unspecified atom stereocenters. The molecule has 0 saturated carbocycles. The number of fused-ring (bicyclic) bond motifs is 1. The highest BCUT2D eigenvalue weighted by molar-refractivity contribution is 6.09. The van der Waals surface area contributed by atoms with Crippen molar-refractivity contribution in [3.8, 4) is 22.9 Å². The number of carbonyl (C=O) groups is 1. The first-order valence-electron chi connectivity index (χ1n) is 8.30. The van der Waals surface area contributed by atoms with Crippen molar-refractivity contribution < 1.29 is 14.3 Å². The monoisotopic (exact) mass is 363 g/mol. The summed E-state index contributed by atoms with van der Waals surface area (Å²) in [6, 6.07) is 5.40. The molecule has 0 fully saturated rings. The summed E-state index contributed by atoms with van der Waals surface area (Å²) in [6.45, 7) is 2.22. The van der Waals surface area contributed by atoms with Crippen LogP contribution in [0.3, 0.4) is 0 Å². The van der Waals surface area contributed by atoms with E-state index >= 15 is 0 Å². The molecule has 1 amide bonds. The van der Waals surface area contributed by atoms with E-state index in [1.54, 1.807) is 31.8 Å². The molecular formula is C19H17N5O3. The number of nitrogens with zero attached hydrogens (tertiary/aromatic N) is 5. The van der Waals surface area contributed by atoms with Gasteiger partial charge >= 0.3 is 0 Å². The van der Waals surface area contributed by atoms with Crippen molar-refractivity contribution in [2.75, 3.05) is 19.1 Å². The SMILES string of the molecule is COc1cc(-c2cc(C)c3c(n2)CN(c2ncccn2)C3=O)cnc1OC. The number of rotatable bonds is 4. The van der Waals surface area contributed by atoms with Crippen LogP contribution in [0.4, 0.5) is 5.95 Å². The van der Waals surface area contributed by atoms with E-state index in [0.717, 1.165) is 11.1 Å². The van der Waals surface area contributed by atoms with Crippen molar-refractivity contribution >= 4 is 11.9 Å². The summed E-state index contributed by atoms with van der Waals surface area (Å²) < 4.78 is 10.5. The van der Waals surface area contributed by atoms with E-state index in [-0.39, 0.29) is 5.91 Å². The van der Waals surface area contributed by atoms with Gasteiger partial charge < -0.3 is 9.47 Å². The van der Waals surface area contributed by atoms with Crippen LogP contribution in [0, 0.1) is 6.92 Å². The van der Waals surface area contributed by atoms with Gasteiger partial charge in [-0.25, -0.2) is 15.0 Å². The number of pyridine rings is 2. The zero-order valence-electron chi connectivity index (χ0n) is 15.1. The smallest absolute Gasteiger partial charge is 0.263 e. The van der Waals surface area contributed by atoms with Gasteiger partial charge in [0.25, 0.3) is 11.8 Å². The third-order valence-electron chi connectivity index (χ3n) is 4.38. The molecule has 4 heterocycles. The highest BCUT2D eigenvalue weighted by Crippen LogP contribution is 2.33. The summed E-state index contributed by atoms with van der Waals surface area (Å²) in [5.74, 6) is 1.15. The first-order valence-corrected chi connectivity index (χ1v) is 8.30. The topological polar surface area (TPSA) is 90.3 Å². The Morgan fingerprint density at radius 3 is 2.56 bits per heavy atom. The summed E-state index contributed by atoms with van der Waals surface area (Å²) in [4.78, 5) is 31.6. The number of aromatic nitrogens is 4. The molecule has 0 atom stereocenters. The third-order valence-corrected chi connectivity index (χ3v) is 4.38. The fourth-order valence-electron chi connectivity index (χ4n) is 3.11. The summed E-state index contributed by atoms with van der Waals surface area (Å²) in [5, 5.41) is 0. The second kappa shape index (κ2) is 6.64. The number of aryl methyl sites for hydroxylation is 1. The van der Waals surface area contributed by atoms with Gasteiger partial charge in [-0.05, 0) is 30.7 Å². The van der Waals surface area contributed by atoms with Gasteiger partial charge in [-0.1, -0.05) is 0 Å². The second-order valence-corrected chi connectivity index (χ2v) is 6.02. The molecular weight excluding hydrogens is 346 g/mol. The first-order chi connectivity index (χ1) is 13.1. The van der Waals surface area contributed by atoms with Gasteiger partial charge in [0.1, 0.15) is 0 Å². The molecule has 0 N–H and O–H groups in total. The second-order valence-electron chi connectivity index (χ2n) is 6.02. The van der Waals surface area contributed by atoms with Crippen LogP contribution in [-0.4, -0.2) is 40.1 Å². The Hall–Kier alpha value is -3.55. The quantitative estimate of drug-likeness (QED) is 0.703. The predicted octanol–water partition coefficient (Wildman–Crippen LogP) is 2.42. The summed E-state index contributed by atoms with van der Waals surface area (Å²) >= 11 is 0. The fourth-order valence-corrected chi connectivity index (χ4v) is 3.11. The number of hydrogen-bond acceptors (Lipinski definition) is 7. The Balaban J connectivity index is 1.75.